The summed E-state index contributed by atoms with van der Waals surface area (Å²) in [7, 11) is 0. The Morgan fingerprint density at radius 1 is 0.906 bits per heavy atom. The summed E-state index contributed by atoms with van der Waals surface area (Å²) < 4.78 is 10.1. The first-order chi connectivity index (χ1) is 15.4. The van der Waals surface area contributed by atoms with Crippen LogP contribution in [-0.2, 0) is 15.9 Å². The van der Waals surface area contributed by atoms with Gasteiger partial charge in [0.05, 0.1) is 35.4 Å². The zero-order valence-electron chi connectivity index (χ0n) is 18.7. The van der Waals surface area contributed by atoms with Crippen molar-refractivity contribution in [3.05, 3.63) is 70.4 Å². The molecule has 0 saturated carbocycles. The molecule has 0 atom stereocenters. The number of benzene rings is 2. The third kappa shape index (κ3) is 4.77. The van der Waals surface area contributed by atoms with E-state index in [1.807, 2.05) is 38.1 Å². The molecule has 0 bridgehead atoms. The number of ether oxygens (including phenoxy) is 2. The molecule has 3 rings (SSSR count). The van der Waals surface area contributed by atoms with Crippen LogP contribution in [0, 0.1) is 6.92 Å². The van der Waals surface area contributed by atoms with Gasteiger partial charge in [-0.2, -0.15) is 0 Å². The molecule has 0 aliphatic rings. The van der Waals surface area contributed by atoms with Crippen LogP contribution in [0.5, 0.6) is 0 Å². The van der Waals surface area contributed by atoms with Gasteiger partial charge in [0.2, 0.25) is 0 Å². The van der Waals surface area contributed by atoms with Crippen LogP contribution in [0.15, 0.2) is 42.5 Å². The Morgan fingerprint density at radius 2 is 1.50 bits per heavy atom. The van der Waals surface area contributed by atoms with Crippen LogP contribution in [-0.4, -0.2) is 36.0 Å². The van der Waals surface area contributed by atoms with E-state index in [4.69, 9.17) is 9.47 Å². The van der Waals surface area contributed by atoms with Crippen molar-refractivity contribution in [3.63, 3.8) is 0 Å². The van der Waals surface area contributed by atoms with E-state index in [1.165, 1.54) is 18.2 Å². The van der Waals surface area contributed by atoms with Gasteiger partial charge in [-0.15, -0.1) is 0 Å². The van der Waals surface area contributed by atoms with Gasteiger partial charge in [-0.1, -0.05) is 25.1 Å². The molecule has 1 heterocycles. The molecule has 0 spiro atoms. The predicted molar refractivity (Wildman–Crippen MR) is 122 cm³/mol. The molecule has 7 heteroatoms. The Bertz CT molecular complexity index is 1150. The summed E-state index contributed by atoms with van der Waals surface area (Å²) in [5, 5.41) is 3.56. The normalized spacial score (nSPS) is 10.6. The molecule has 166 valence electrons. The number of aromatic nitrogens is 1. The molecule has 32 heavy (non-hydrogen) atoms. The Kier molecular flexibility index (Phi) is 7.20. The second-order valence-corrected chi connectivity index (χ2v) is 7.12. The number of carbonyl (C=O) groups excluding carboxylic acids is 3. The van der Waals surface area contributed by atoms with Crippen LogP contribution in [0.25, 0.3) is 10.9 Å². The highest BCUT2D eigenvalue weighted by Crippen LogP contribution is 2.25. The molecule has 0 fully saturated rings. The van der Waals surface area contributed by atoms with Gasteiger partial charge in [-0.3, -0.25) is 9.78 Å². The number of carbonyl (C=O) groups is 3. The summed E-state index contributed by atoms with van der Waals surface area (Å²) in [5.41, 5.74) is 3.45. The number of aryl methyl sites for hydroxylation is 1. The predicted octanol–water partition coefficient (Wildman–Crippen LogP) is 4.71. The fraction of sp³-hybridized carbons (Fsp3) is 0.280. The molecule has 0 unspecified atom stereocenters. The van der Waals surface area contributed by atoms with Gasteiger partial charge in [-0.05, 0) is 57.0 Å². The summed E-state index contributed by atoms with van der Waals surface area (Å²) >= 11 is 0. The minimum absolute atomic E-state index is 0.151. The van der Waals surface area contributed by atoms with E-state index in [-0.39, 0.29) is 30.2 Å². The number of fused-ring (bicyclic) bond motifs is 1. The van der Waals surface area contributed by atoms with E-state index >= 15 is 0 Å². The maximum absolute atomic E-state index is 13.4. The Labute approximate surface area is 186 Å². The maximum Gasteiger partial charge on any atom is 0.338 e. The lowest BCUT2D eigenvalue weighted by molar-refractivity contribution is 0.0525. The highest BCUT2D eigenvalue weighted by Gasteiger charge is 2.20. The Balaban J connectivity index is 2.06. The highest BCUT2D eigenvalue weighted by molar-refractivity contribution is 6.14. The van der Waals surface area contributed by atoms with Crippen molar-refractivity contribution in [2.45, 2.75) is 34.1 Å². The van der Waals surface area contributed by atoms with E-state index in [1.54, 1.807) is 13.8 Å². The average molecular weight is 434 g/mol. The molecular weight excluding hydrogens is 408 g/mol. The summed E-state index contributed by atoms with van der Waals surface area (Å²) in [6.07, 6.45) is 0.683. The van der Waals surface area contributed by atoms with Gasteiger partial charge >= 0.3 is 11.9 Å². The minimum Gasteiger partial charge on any atom is -0.462 e. The first-order valence-corrected chi connectivity index (χ1v) is 10.6. The lowest BCUT2D eigenvalue weighted by Crippen LogP contribution is -2.17. The van der Waals surface area contributed by atoms with E-state index in [0.717, 1.165) is 22.2 Å². The second kappa shape index (κ2) is 10.0. The first-order valence-electron chi connectivity index (χ1n) is 10.6. The molecule has 1 N–H and O–H groups in total. The maximum atomic E-state index is 13.4. The zero-order valence-corrected chi connectivity index (χ0v) is 18.7. The number of nitrogens with zero attached hydrogens (tertiary/aromatic N) is 1. The number of hydrogen-bond donors (Lipinski definition) is 1. The number of pyridine rings is 1. The van der Waals surface area contributed by atoms with E-state index < -0.39 is 11.9 Å². The van der Waals surface area contributed by atoms with Crippen molar-refractivity contribution in [3.8, 4) is 0 Å². The van der Waals surface area contributed by atoms with Crippen molar-refractivity contribution < 1.29 is 23.9 Å². The number of anilines is 1. The molecule has 0 aliphatic heterocycles. The lowest BCUT2D eigenvalue weighted by atomic mass is 9.99. The van der Waals surface area contributed by atoms with Crippen LogP contribution in [0.3, 0.4) is 0 Å². The zero-order chi connectivity index (χ0) is 23.3. The van der Waals surface area contributed by atoms with Crippen molar-refractivity contribution >= 4 is 34.4 Å². The van der Waals surface area contributed by atoms with Crippen LogP contribution >= 0.6 is 0 Å². The standard InChI is InChI=1S/C25H26N2O5/c1-5-20-15(4)22(19-10-8-9-11-21(19)27-20)23(28)26-18-13-16(24(29)31-6-2)12-17(14-18)25(30)32-7-3/h8-14H,5-7H2,1-4H3,(H,26,28). The van der Waals surface area contributed by atoms with Crippen LogP contribution in [0.2, 0.25) is 0 Å². The summed E-state index contributed by atoms with van der Waals surface area (Å²) in [6.45, 7) is 7.61. The van der Waals surface area contributed by atoms with Crippen molar-refractivity contribution in [2.75, 3.05) is 18.5 Å². The SMILES string of the molecule is CCOC(=O)c1cc(NC(=O)c2c(C)c(CC)nc3ccccc23)cc(C(=O)OCC)c1. The third-order valence-electron chi connectivity index (χ3n) is 5.01. The molecule has 2 aromatic carbocycles. The minimum atomic E-state index is -0.590. The molecule has 7 nitrogen and oxygen atoms in total. The largest absolute Gasteiger partial charge is 0.462 e. The quantitative estimate of drug-likeness (QED) is 0.541. The van der Waals surface area contributed by atoms with Gasteiger partial charge in [0.25, 0.3) is 5.91 Å². The highest BCUT2D eigenvalue weighted by atomic mass is 16.5. The average Bonchev–Trinajstić information content (AvgIpc) is 2.78. The molecule has 3 aromatic rings. The monoisotopic (exact) mass is 434 g/mol. The number of hydrogen-bond acceptors (Lipinski definition) is 6. The first kappa shape index (κ1) is 22.9. The Morgan fingerprint density at radius 3 is 2.06 bits per heavy atom. The number of nitrogens with one attached hydrogen (secondary N) is 1. The van der Waals surface area contributed by atoms with Gasteiger partial charge in [-0.25, -0.2) is 9.59 Å². The second-order valence-electron chi connectivity index (χ2n) is 7.12. The van der Waals surface area contributed by atoms with Crippen LogP contribution < -0.4 is 5.32 Å². The van der Waals surface area contributed by atoms with Gasteiger partial charge in [0, 0.05) is 16.8 Å². The molecule has 0 aliphatic carbocycles. The van der Waals surface area contributed by atoms with E-state index in [2.05, 4.69) is 10.3 Å². The van der Waals surface area contributed by atoms with E-state index in [0.29, 0.717) is 17.7 Å². The number of rotatable bonds is 7. The number of amides is 1. The van der Waals surface area contributed by atoms with Gasteiger partial charge < -0.3 is 14.8 Å². The van der Waals surface area contributed by atoms with E-state index in [9.17, 15) is 14.4 Å². The fourth-order valence-electron chi connectivity index (χ4n) is 3.55. The summed E-state index contributed by atoms with van der Waals surface area (Å²) in [6, 6.07) is 11.8. The number of esters is 2. The summed E-state index contributed by atoms with van der Waals surface area (Å²) in [4.78, 5) is 42.6. The smallest absolute Gasteiger partial charge is 0.338 e. The topological polar surface area (TPSA) is 94.6 Å². The lowest BCUT2D eigenvalue weighted by Gasteiger charge is -2.15. The molecule has 0 radical (unpaired) electrons. The van der Waals surface area contributed by atoms with Gasteiger partial charge in [0.15, 0.2) is 0 Å². The molecule has 1 aromatic heterocycles. The van der Waals surface area contributed by atoms with Crippen LogP contribution in [0.4, 0.5) is 5.69 Å². The molecule has 1 amide bonds. The van der Waals surface area contributed by atoms with Crippen molar-refractivity contribution in [1.29, 1.82) is 0 Å². The summed E-state index contributed by atoms with van der Waals surface area (Å²) in [5.74, 6) is -1.53. The van der Waals surface area contributed by atoms with Crippen molar-refractivity contribution in [2.24, 2.45) is 0 Å². The fourth-order valence-corrected chi connectivity index (χ4v) is 3.55. The molecular formula is C25H26N2O5. The third-order valence-corrected chi connectivity index (χ3v) is 5.01. The van der Waals surface area contributed by atoms with Gasteiger partial charge in [0.1, 0.15) is 0 Å². The Hall–Kier alpha value is -3.74. The molecule has 0 saturated heterocycles. The van der Waals surface area contributed by atoms with Crippen LogP contribution in [0.1, 0.15) is 63.1 Å². The number of para-hydroxylation sites is 1. The van der Waals surface area contributed by atoms with Crippen molar-refractivity contribution in [1.82, 2.24) is 4.98 Å².